The molecule has 0 aliphatic carbocycles. The lowest BCUT2D eigenvalue weighted by Gasteiger charge is -1.91. The minimum Gasteiger partial charge on any atom is -0.481 e. The molecule has 3 nitrogen and oxygen atoms in total. The average Bonchev–Trinajstić information content (AvgIpc) is 3.27. The summed E-state index contributed by atoms with van der Waals surface area (Å²) in [4.78, 5) is 10.3. The Labute approximate surface area is 140 Å². The van der Waals surface area contributed by atoms with E-state index in [1.807, 2.05) is 30.4 Å². The van der Waals surface area contributed by atoms with E-state index in [-0.39, 0.29) is 12.5 Å². The van der Waals surface area contributed by atoms with E-state index < -0.39 is 5.97 Å². The summed E-state index contributed by atoms with van der Waals surface area (Å²) in [5, 5.41) is 8.50. The first-order chi connectivity index (χ1) is 11.2. The number of unbranched alkanes of at least 4 members (excludes halogenated alkanes) is 4. The quantitative estimate of drug-likeness (QED) is 0.220. The monoisotopic (exact) mass is 318 g/mol. The fourth-order valence-electron chi connectivity index (χ4n) is 2.22. The highest BCUT2D eigenvalue weighted by Gasteiger charge is 2.34. The Morgan fingerprint density at radius 1 is 1.00 bits per heavy atom. The molecule has 0 spiro atoms. The number of carboxylic acids is 1. The Balaban J connectivity index is 2.01. The van der Waals surface area contributed by atoms with Gasteiger partial charge in [-0.3, -0.25) is 4.79 Å². The van der Waals surface area contributed by atoms with Gasteiger partial charge in [-0.15, -0.1) is 0 Å². The Hall–Kier alpha value is -1.61. The molecule has 1 heterocycles. The summed E-state index contributed by atoms with van der Waals surface area (Å²) in [7, 11) is 0. The van der Waals surface area contributed by atoms with Crippen molar-refractivity contribution in [3.05, 3.63) is 48.6 Å². The van der Waals surface area contributed by atoms with Gasteiger partial charge in [0, 0.05) is 6.42 Å². The molecule has 0 aromatic rings. The molecular weight excluding hydrogens is 288 g/mol. The Bertz CT molecular complexity index is 432. The molecule has 0 bridgehead atoms. The summed E-state index contributed by atoms with van der Waals surface area (Å²) in [6, 6.07) is 0. The second-order valence-corrected chi connectivity index (χ2v) is 5.83. The van der Waals surface area contributed by atoms with Gasteiger partial charge in [-0.05, 0) is 32.1 Å². The number of hydrogen-bond acceptors (Lipinski definition) is 2. The van der Waals surface area contributed by atoms with Crippen molar-refractivity contribution in [3.63, 3.8) is 0 Å². The van der Waals surface area contributed by atoms with Crippen LogP contribution in [0.2, 0.25) is 0 Å². The largest absolute Gasteiger partial charge is 0.481 e. The summed E-state index contributed by atoms with van der Waals surface area (Å²) in [5.41, 5.74) is 0. The normalized spacial score (nSPS) is 21.3. The number of hydrogen-bond donors (Lipinski definition) is 1. The fraction of sp³-hybridized carbons (Fsp3) is 0.550. The van der Waals surface area contributed by atoms with E-state index in [1.165, 1.54) is 25.7 Å². The maximum atomic E-state index is 10.3. The molecule has 0 aromatic carbocycles. The molecule has 0 aromatic heterocycles. The molecule has 1 N–H and O–H groups in total. The zero-order chi connectivity index (χ0) is 16.8. The van der Waals surface area contributed by atoms with Gasteiger partial charge in [-0.25, -0.2) is 0 Å². The van der Waals surface area contributed by atoms with Crippen LogP contribution in [0.1, 0.15) is 58.3 Å². The molecule has 1 fully saturated rings. The summed E-state index contributed by atoms with van der Waals surface area (Å²) in [6.07, 6.45) is 24.9. The number of rotatable bonds is 13. The Kier molecular flexibility index (Phi) is 10.9. The van der Waals surface area contributed by atoms with E-state index in [0.717, 1.165) is 12.8 Å². The van der Waals surface area contributed by atoms with Crippen LogP contribution >= 0.6 is 0 Å². The second kappa shape index (κ2) is 12.9. The van der Waals surface area contributed by atoms with E-state index in [4.69, 9.17) is 9.84 Å². The molecule has 0 radical (unpaired) electrons. The third-order valence-corrected chi connectivity index (χ3v) is 3.66. The maximum Gasteiger partial charge on any atom is 0.303 e. The van der Waals surface area contributed by atoms with Gasteiger partial charge in [0.2, 0.25) is 0 Å². The van der Waals surface area contributed by atoms with Gasteiger partial charge in [0.05, 0.1) is 6.10 Å². The van der Waals surface area contributed by atoms with E-state index in [0.29, 0.717) is 12.5 Å². The van der Waals surface area contributed by atoms with Crippen LogP contribution in [0.5, 0.6) is 0 Å². The van der Waals surface area contributed by atoms with E-state index in [1.54, 1.807) is 0 Å². The van der Waals surface area contributed by atoms with E-state index in [2.05, 4.69) is 25.2 Å². The SMILES string of the molecule is CCCCC/C=C\C[C@@H]1O[C@H]1/C=C/C=C/C=C\CCCC(=O)O. The summed E-state index contributed by atoms with van der Waals surface area (Å²) < 4.78 is 5.58. The van der Waals surface area contributed by atoms with Gasteiger partial charge < -0.3 is 9.84 Å². The minimum atomic E-state index is -0.730. The van der Waals surface area contributed by atoms with Crippen molar-refractivity contribution in [3.8, 4) is 0 Å². The smallest absolute Gasteiger partial charge is 0.303 e. The van der Waals surface area contributed by atoms with Crippen molar-refractivity contribution < 1.29 is 14.6 Å². The van der Waals surface area contributed by atoms with Crippen molar-refractivity contribution >= 4 is 5.97 Å². The fourth-order valence-corrected chi connectivity index (χ4v) is 2.22. The van der Waals surface area contributed by atoms with Gasteiger partial charge in [0.25, 0.3) is 0 Å². The summed E-state index contributed by atoms with van der Waals surface area (Å²) in [6.45, 7) is 2.22. The molecule has 128 valence electrons. The van der Waals surface area contributed by atoms with Gasteiger partial charge in [0.15, 0.2) is 0 Å². The lowest BCUT2D eigenvalue weighted by atomic mass is 10.1. The van der Waals surface area contributed by atoms with Crippen LogP contribution in [0.3, 0.4) is 0 Å². The van der Waals surface area contributed by atoms with Gasteiger partial charge in [0.1, 0.15) is 6.10 Å². The molecule has 1 aliphatic heterocycles. The molecule has 1 aliphatic rings. The first-order valence-electron chi connectivity index (χ1n) is 8.76. The van der Waals surface area contributed by atoms with Gasteiger partial charge in [-0.1, -0.05) is 68.4 Å². The van der Waals surface area contributed by atoms with Crippen LogP contribution in [0.4, 0.5) is 0 Å². The topological polar surface area (TPSA) is 49.8 Å². The van der Waals surface area contributed by atoms with Crippen molar-refractivity contribution in [1.29, 1.82) is 0 Å². The number of ether oxygens (including phenoxy) is 1. The summed E-state index contributed by atoms with van der Waals surface area (Å²) in [5.74, 6) is -0.730. The molecule has 0 unspecified atom stereocenters. The van der Waals surface area contributed by atoms with Crippen LogP contribution in [-0.2, 0) is 9.53 Å². The predicted octanol–water partition coefficient (Wildman–Crippen LogP) is 5.20. The van der Waals surface area contributed by atoms with Crippen LogP contribution in [0.15, 0.2) is 48.6 Å². The van der Waals surface area contributed by atoms with E-state index >= 15 is 0 Å². The average molecular weight is 318 g/mol. The molecule has 0 amide bonds. The van der Waals surface area contributed by atoms with Crippen LogP contribution in [-0.4, -0.2) is 23.3 Å². The summed E-state index contributed by atoms with van der Waals surface area (Å²) >= 11 is 0. The molecular formula is C20H30O3. The third-order valence-electron chi connectivity index (χ3n) is 3.66. The lowest BCUT2D eigenvalue weighted by Crippen LogP contribution is -1.92. The number of epoxide rings is 1. The molecule has 23 heavy (non-hydrogen) atoms. The van der Waals surface area contributed by atoms with Crippen LogP contribution in [0, 0.1) is 0 Å². The van der Waals surface area contributed by atoms with Crippen molar-refractivity contribution in [2.75, 3.05) is 0 Å². The Morgan fingerprint density at radius 2 is 1.78 bits per heavy atom. The Morgan fingerprint density at radius 3 is 2.57 bits per heavy atom. The highest BCUT2D eigenvalue weighted by molar-refractivity contribution is 5.66. The second-order valence-electron chi connectivity index (χ2n) is 5.83. The molecule has 0 saturated carbocycles. The van der Waals surface area contributed by atoms with Crippen molar-refractivity contribution in [2.45, 2.75) is 70.5 Å². The van der Waals surface area contributed by atoms with Crippen molar-refractivity contribution in [1.82, 2.24) is 0 Å². The minimum absolute atomic E-state index is 0.238. The van der Waals surface area contributed by atoms with E-state index in [9.17, 15) is 4.79 Å². The zero-order valence-electron chi connectivity index (χ0n) is 14.2. The third kappa shape index (κ3) is 11.6. The maximum absolute atomic E-state index is 10.3. The number of aliphatic carboxylic acids is 1. The van der Waals surface area contributed by atoms with Crippen molar-refractivity contribution in [2.24, 2.45) is 0 Å². The predicted molar refractivity (Wildman–Crippen MR) is 95.5 cm³/mol. The highest BCUT2D eigenvalue weighted by Crippen LogP contribution is 2.26. The molecule has 1 saturated heterocycles. The van der Waals surface area contributed by atoms with Crippen LogP contribution < -0.4 is 0 Å². The lowest BCUT2D eigenvalue weighted by molar-refractivity contribution is -0.137. The zero-order valence-corrected chi connectivity index (χ0v) is 14.2. The highest BCUT2D eigenvalue weighted by atomic mass is 16.6. The van der Waals surface area contributed by atoms with Gasteiger partial charge >= 0.3 is 5.97 Å². The first kappa shape index (κ1) is 19.4. The number of allylic oxidation sites excluding steroid dienone is 6. The molecule has 3 heteroatoms. The molecule has 1 rings (SSSR count). The molecule has 2 atom stereocenters. The van der Waals surface area contributed by atoms with Crippen LogP contribution in [0.25, 0.3) is 0 Å². The number of carboxylic acid groups (broad SMARTS) is 1. The number of carbonyl (C=O) groups is 1. The van der Waals surface area contributed by atoms with Gasteiger partial charge in [-0.2, -0.15) is 0 Å². The standard InChI is InChI=1S/C20H30O3/c1-2-3-4-5-9-12-15-18-19(23-18)16-13-10-7-6-8-11-14-17-20(21)22/h6-10,12-13,16,18-19H,2-5,11,14-15,17H2,1H3,(H,21,22)/b8-6-,10-7+,12-9-,16-13+/t18-,19-/m0/s1. The first-order valence-corrected chi connectivity index (χ1v) is 8.76.